The second-order valence-corrected chi connectivity index (χ2v) is 12.3. The number of thiophene rings is 1. The van der Waals surface area contributed by atoms with Crippen molar-refractivity contribution in [2.75, 3.05) is 17.2 Å². The number of fused-ring (bicyclic) bond motifs is 1. The van der Waals surface area contributed by atoms with Gasteiger partial charge in [0.25, 0.3) is 0 Å². The predicted molar refractivity (Wildman–Crippen MR) is 151 cm³/mol. The van der Waals surface area contributed by atoms with Gasteiger partial charge in [-0.15, -0.1) is 11.3 Å². The molecular formula is C30H28FN5O3S. The zero-order valence-electron chi connectivity index (χ0n) is 21.7. The van der Waals surface area contributed by atoms with Gasteiger partial charge in [-0.05, 0) is 93.5 Å². The third kappa shape index (κ3) is 4.93. The van der Waals surface area contributed by atoms with Gasteiger partial charge in [-0.1, -0.05) is 0 Å². The summed E-state index contributed by atoms with van der Waals surface area (Å²) >= 11 is 1.73. The van der Waals surface area contributed by atoms with Crippen LogP contribution in [0.3, 0.4) is 0 Å². The Kier molecular flexibility index (Phi) is 6.05. The third-order valence-corrected chi connectivity index (χ3v) is 9.30. The molecule has 40 heavy (non-hydrogen) atoms. The number of ether oxygens (including phenoxy) is 1. The number of halogens is 1. The number of anilines is 2. The van der Waals surface area contributed by atoms with Crippen molar-refractivity contribution in [3.05, 3.63) is 71.6 Å². The van der Waals surface area contributed by atoms with Gasteiger partial charge in [0.15, 0.2) is 0 Å². The van der Waals surface area contributed by atoms with E-state index in [9.17, 15) is 14.0 Å². The van der Waals surface area contributed by atoms with Crippen molar-refractivity contribution >= 4 is 44.9 Å². The molecule has 1 aliphatic heterocycles. The molecule has 7 rings (SSSR count). The first-order chi connectivity index (χ1) is 19.4. The van der Waals surface area contributed by atoms with Crippen LogP contribution in [0.25, 0.3) is 10.2 Å². The molecule has 0 bridgehead atoms. The Bertz CT molecular complexity index is 1600. The summed E-state index contributed by atoms with van der Waals surface area (Å²) in [6.07, 6.45) is 9.09. The SMILES string of the molecule is O=C(Nc1ccc(F)cc1)C1(C(=O)Nc2ccc(Oc3ccnc4cc(CC5CNC6(CC6)C5)sc34)cn2)CC1. The smallest absolute Gasteiger partial charge is 0.241 e. The number of hydrogen-bond donors (Lipinski definition) is 3. The molecule has 1 aromatic carbocycles. The summed E-state index contributed by atoms with van der Waals surface area (Å²) in [4.78, 5) is 35.9. The van der Waals surface area contributed by atoms with Crippen molar-refractivity contribution in [1.82, 2.24) is 15.3 Å². The molecule has 4 heterocycles. The van der Waals surface area contributed by atoms with Crippen molar-refractivity contribution < 1.29 is 18.7 Å². The van der Waals surface area contributed by atoms with E-state index in [4.69, 9.17) is 4.74 Å². The summed E-state index contributed by atoms with van der Waals surface area (Å²) in [5.41, 5.74) is 0.645. The summed E-state index contributed by atoms with van der Waals surface area (Å²) in [5, 5.41) is 9.15. The van der Waals surface area contributed by atoms with Crippen molar-refractivity contribution in [1.29, 1.82) is 0 Å². The van der Waals surface area contributed by atoms with Gasteiger partial charge < -0.3 is 20.7 Å². The molecule has 8 nitrogen and oxygen atoms in total. The van der Waals surface area contributed by atoms with E-state index in [2.05, 4.69) is 32.0 Å². The second-order valence-electron chi connectivity index (χ2n) is 11.2. The normalized spacial score (nSPS) is 19.9. The van der Waals surface area contributed by atoms with Crippen molar-refractivity contribution in [2.24, 2.45) is 11.3 Å². The lowest BCUT2D eigenvalue weighted by molar-refractivity contribution is -0.131. The Hall–Kier alpha value is -3.89. The molecule has 204 valence electrons. The number of carbonyl (C=O) groups is 2. The van der Waals surface area contributed by atoms with Gasteiger partial charge in [0.2, 0.25) is 11.8 Å². The van der Waals surface area contributed by atoms with E-state index in [0.29, 0.717) is 41.6 Å². The largest absolute Gasteiger partial charge is 0.454 e. The topological polar surface area (TPSA) is 105 Å². The molecule has 4 aromatic rings. The number of nitrogens with one attached hydrogen (secondary N) is 3. The molecule has 1 spiro atoms. The van der Waals surface area contributed by atoms with Gasteiger partial charge in [0.1, 0.15) is 28.5 Å². The van der Waals surface area contributed by atoms with Gasteiger partial charge >= 0.3 is 0 Å². The third-order valence-electron chi connectivity index (χ3n) is 8.14. The zero-order valence-corrected chi connectivity index (χ0v) is 22.5. The molecule has 3 aromatic heterocycles. The van der Waals surface area contributed by atoms with Crippen LogP contribution < -0.4 is 20.7 Å². The predicted octanol–water partition coefficient (Wildman–Crippen LogP) is 5.66. The molecule has 3 aliphatic rings. The molecule has 2 aliphatic carbocycles. The summed E-state index contributed by atoms with van der Waals surface area (Å²) in [6.45, 7) is 1.08. The number of hydrogen-bond acceptors (Lipinski definition) is 7. The Balaban J connectivity index is 0.990. The molecule has 3 N–H and O–H groups in total. The van der Waals surface area contributed by atoms with E-state index in [0.717, 1.165) is 28.9 Å². The number of aromatic nitrogens is 2. The fourth-order valence-corrected chi connectivity index (χ4v) is 6.69. The van der Waals surface area contributed by atoms with Crippen LogP contribution in [-0.2, 0) is 16.0 Å². The first kappa shape index (κ1) is 25.1. The fraction of sp³-hybridized carbons (Fsp3) is 0.333. The van der Waals surface area contributed by atoms with E-state index in [1.807, 2.05) is 6.07 Å². The molecule has 1 saturated heterocycles. The Morgan fingerprint density at radius 3 is 2.52 bits per heavy atom. The van der Waals surface area contributed by atoms with E-state index in [1.165, 1.54) is 48.4 Å². The maximum Gasteiger partial charge on any atom is 0.241 e. The minimum Gasteiger partial charge on any atom is -0.454 e. The van der Waals surface area contributed by atoms with Crippen molar-refractivity contribution in [2.45, 2.75) is 44.1 Å². The Labute approximate surface area is 234 Å². The highest BCUT2D eigenvalue weighted by Crippen LogP contribution is 2.48. The summed E-state index contributed by atoms with van der Waals surface area (Å²) in [6, 6.07) is 12.9. The standard InChI is InChI=1S/C30H28FN5O3S/c31-19-1-3-20(4-2-19)35-27(37)30(10-11-30)28(38)36-25-6-5-21(17-33-25)39-24-7-12-32-23-14-22(40-26(23)24)13-18-15-29(8-9-29)34-16-18/h1-7,12,14,17-18,34H,8-11,13,15-16H2,(H,35,37)(H,33,36,38). The average Bonchev–Trinajstić information content (AvgIpc) is 3.83. The average molecular weight is 558 g/mol. The molecular weight excluding hydrogens is 529 g/mol. The quantitative estimate of drug-likeness (QED) is 0.241. The molecule has 2 saturated carbocycles. The number of pyridine rings is 2. The maximum atomic E-state index is 13.2. The van der Waals surface area contributed by atoms with Crippen LogP contribution >= 0.6 is 11.3 Å². The monoisotopic (exact) mass is 557 g/mol. The van der Waals surface area contributed by atoms with Gasteiger partial charge in [-0.2, -0.15) is 0 Å². The number of rotatable bonds is 8. The van der Waals surface area contributed by atoms with Crippen molar-refractivity contribution in [3.63, 3.8) is 0 Å². The van der Waals surface area contributed by atoms with E-state index in [-0.39, 0.29) is 0 Å². The Morgan fingerprint density at radius 1 is 1.02 bits per heavy atom. The highest BCUT2D eigenvalue weighted by atomic mass is 32.1. The summed E-state index contributed by atoms with van der Waals surface area (Å²) < 4.78 is 20.3. The molecule has 3 fully saturated rings. The molecule has 1 unspecified atom stereocenters. The van der Waals surface area contributed by atoms with Crippen LogP contribution in [0.1, 0.15) is 37.0 Å². The van der Waals surface area contributed by atoms with Crippen LogP contribution in [0, 0.1) is 17.2 Å². The van der Waals surface area contributed by atoms with E-state index < -0.39 is 23.0 Å². The van der Waals surface area contributed by atoms with Crippen LogP contribution in [0.4, 0.5) is 15.9 Å². The van der Waals surface area contributed by atoms with Gasteiger partial charge in [-0.25, -0.2) is 9.37 Å². The van der Waals surface area contributed by atoms with Crippen LogP contribution in [-0.4, -0.2) is 33.9 Å². The lowest BCUT2D eigenvalue weighted by Gasteiger charge is -2.15. The molecule has 10 heteroatoms. The number of benzene rings is 1. The zero-order chi connectivity index (χ0) is 27.3. The van der Waals surface area contributed by atoms with Gasteiger partial charge in [0, 0.05) is 28.4 Å². The second kappa shape index (κ2) is 9.64. The highest BCUT2D eigenvalue weighted by Gasteiger charge is 2.56. The Morgan fingerprint density at radius 2 is 1.82 bits per heavy atom. The van der Waals surface area contributed by atoms with Gasteiger partial charge in [-0.3, -0.25) is 14.6 Å². The number of nitrogens with zero attached hydrogens (tertiary/aromatic N) is 2. The lowest BCUT2D eigenvalue weighted by atomic mass is 10.00. The van der Waals surface area contributed by atoms with E-state index >= 15 is 0 Å². The summed E-state index contributed by atoms with van der Waals surface area (Å²) in [5.74, 6) is 1.02. The van der Waals surface area contributed by atoms with Gasteiger partial charge in [0.05, 0.1) is 16.4 Å². The minimum absolute atomic E-state index is 0.329. The lowest BCUT2D eigenvalue weighted by Crippen LogP contribution is -2.35. The van der Waals surface area contributed by atoms with Crippen molar-refractivity contribution in [3.8, 4) is 11.5 Å². The maximum absolute atomic E-state index is 13.2. The first-order valence-electron chi connectivity index (χ1n) is 13.5. The number of amides is 2. The van der Waals surface area contributed by atoms with Crippen LogP contribution in [0.2, 0.25) is 0 Å². The number of carbonyl (C=O) groups excluding carboxylic acids is 2. The fourth-order valence-electron chi connectivity index (χ4n) is 5.51. The summed E-state index contributed by atoms with van der Waals surface area (Å²) in [7, 11) is 0. The first-order valence-corrected chi connectivity index (χ1v) is 14.4. The molecule has 1 atom stereocenters. The van der Waals surface area contributed by atoms with E-state index in [1.54, 1.807) is 35.9 Å². The molecule has 0 radical (unpaired) electrons. The van der Waals surface area contributed by atoms with Crippen LogP contribution in [0.15, 0.2) is 60.9 Å². The minimum atomic E-state index is -1.15. The highest BCUT2D eigenvalue weighted by molar-refractivity contribution is 7.19. The molecule has 2 amide bonds. The van der Waals surface area contributed by atoms with Crippen LogP contribution in [0.5, 0.6) is 11.5 Å².